The first-order chi connectivity index (χ1) is 13.8. The van der Waals surface area contributed by atoms with Gasteiger partial charge in [0.2, 0.25) is 10.0 Å². The number of amides is 1. The number of carbonyl (C=O) groups excluding carboxylic acids is 1. The fourth-order valence-corrected chi connectivity index (χ4v) is 4.20. The van der Waals surface area contributed by atoms with Crippen molar-refractivity contribution in [3.63, 3.8) is 0 Å². The summed E-state index contributed by atoms with van der Waals surface area (Å²) in [5.74, 6) is -0.328. The molecule has 0 aliphatic carbocycles. The third kappa shape index (κ3) is 7.93. The van der Waals surface area contributed by atoms with Crippen LogP contribution in [0.25, 0.3) is 0 Å². The molecule has 0 aromatic heterocycles. The van der Waals surface area contributed by atoms with Gasteiger partial charge in [0, 0.05) is 45.6 Å². The van der Waals surface area contributed by atoms with Gasteiger partial charge >= 0.3 is 0 Å². The second-order valence-corrected chi connectivity index (χ2v) is 8.68. The lowest BCUT2D eigenvalue weighted by Gasteiger charge is -2.20. The third-order valence-electron chi connectivity index (χ3n) is 4.26. The Hall–Kier alpha value is -1.68. The number of methoxy groups -OCH3 is 1. The van der Waals surface area contributed by atoms with Crippen molar-refractivity contribution < 1.29 is 22.7 Å². The van der Waals surface area contributed by atoms with Crippen molar-refractivity contribution in [2.45, 2.75) is 45.1 Å². The number of rotatable bonds is 14. The normalized spacial score (nSPS) is 11.8. The summed E-state index contributed by atoms with van der Waals surface area (Å²) in [6.07, 6.45) is 0.817. The maximum atomic E-state index is 12.8. The van der Waals surface area contributed by atoms with Crippen LogP contribution in [-0.4, -0.2) is 71.2 Å². The van der Waals surface area contributed by atoms with Gasteiger partial charge in [-0.05, 0) is 38.5 Å². The Balaban J connectivity index is 3.03. The summed E-state index contributed by atoms with van der Waals surface area (Å²) in [6, 6.07) is 4.58. The summed E-state index contributed by atoms with van der Waals surface area (Å²) < 4.78 is 37.6. The summed E-state index contributed by atoms with van der Waals surface area (Å²) >= 11 is 0. The van der Waals surface area contributed by atoms with E-state index in [2.05, 4.69) is 10.6 Å². The topological polar surface area (TPSA) is 97.0 Å². The van der Waals surface area contributed by atoms with E-state index in [-0.39, 0.29) is 16.9 Å². The van der Waals surface area contributed by atoms with E-state index < -0.39 is 10.0 Å². The predicted molar refractivity (Wildman–Crippen MR) is 115 cm³/mol. The van der Waals surface area contributed by atoms with Crippen LogP contribution in [0.1, 0.15) is 44.5 Å². The Morgan fingerprint density at radius 2 is 1.83 bits per heavy atom. The molecule has 0 saturated heterocycles. The van der Waals surface area contributed by atoms with Gasteiger partial charge in [-0.2, -0.15) is 4.31 Å². The van der Waals surface area contributed by atoms with Crippen LogP contribution in [0.2, 0.25) is 0 Å². The molecule has 1 aromatic carbocycles. The number of carbonyl (C=O) groups is 1. The fraction of sp³-hybridized carbons (Fsp3) is 0.650. The van der Waals surface area contributed by atoms with Crippen molar-refractivity contribution in [2.75, 3.05) is 51.8 Å². The van der Waals surface area contributed by atoms with Gasteiger partial charge in [-0.25, -0.2) is 8.42 Å². The first kappa shape index (κ1) is 25.4. The average Bonchev–Trinajstić information content (AvgIpc) is 2.68. The molecule has 1 amide bonds. The summed E-state index contributed by atoms with van der Waals surface area (Å²) in [7, 11) is -2.07. The molecule has 166 valence electrons. The number of hydrogen-bond acceptors (Lipinski definition) is 6. The minimum Gasteiger partial charge on any atom is -0.383 e. The van der Waals surface area contributed by atoms with Gasteiger partial charge in [0.15, 0.2) is 0 Å². The van der Waals surface area contributed by atoms with Crippen molar-refractivity contribution >= 4 is 21.6 Å². The van der Waals surface area contributed by atoms with Gasteiger partial charge in [-0.3, -0.25) is 4.79 Å². The molecule has 0 bridgehead atoms. The Kier molecular flexibility index (Phi) is 11.2. The number of ether oxygens (including phenoxy) is 2. The molecule has 0 heterocycles. The van der Waals surface area contributed by atoms with Gasteiger partial charge in [0.05, 0.1) is 23.2 Å². The summed E-state index contributed by atoms with van der Waals surface area (Å²) in [5.41, 5.74) is 0.857. The Morgan fingerprint density at radius 1 is 1.14 bits per heavy atom. The first-order valence-electron chi connectivity index (χ1n) is 10.0. The number of anilines is 1. The molecule has 0 saturated carbocycles. The van der Waals surface area contributed by atoms with Crippen LogP contribution < -0.4 is 10.6 Å². The molecule has 2 N–H and O–H groups in total. The quantitative estimate of drug-likeness (QED) is 0.441. The van der Waals surface area contributed by atoms with Gasteiger partial charge in [-0.15, -0.1) is 0 Å². The third-order valence-corrected chi connectivity index (χ3v) is 6.30. The molecular formula is C20H35N3O5S. The molecule has 0 fully saturated rings. The number of benzene rings is 1. The van der Waals surface area contributed by atoms with Crippen LogP contribution in [0.15, 0.2) is 23.1 Å². The molecule has 1 aromatic rings. The Morgan fingerprint density at radius 3 is 2.41 bits per heavy atom. The molecule has 29 heavy (non-hydrogen) atoms. The van der Waals surface area contributed by atoms with Crippen molar-refractivity contribution in [3.8, 4) is 0 Å². The summed E-state index contributed by atoms with van der Waals surface area (Å²) in [4.78, 5) is 12.9. The highest BCUT2D eigenvalue weighted by Crippen LogP contribution is 2.23. The van der Waals surface area contributed by atoms with Crippen molar-refractivity contribution in [3.05, 3.63) is 23.8 Å². The molecule has 1 rings (SSSR count). The number of nitrogens with zero attached hydrogens (tertiary/aromatic N) is 1. The standard InChI is InChI=1S/C20H35N3O5S/c1-6-23(7-2)29(25,26)17-9-10-19(21-12-14-27-5)18(15-17)20(24)22-11-8-13-28-16(3)4/h9-10,15-16,21H,6-8,11-14H2,1-5H3,(H,22,24). The summed E-state index contributed by atoms with van der Waals surface area (Å²) in [6.45, 7) is 10.2. The zero-order valence-corrected chi connectivity index (χ0v) is 19.0. The zero-order valence-electron chi connectivity index (χ0n) is 18.2. The van der Waals surface area contributed by atoms with Gasteiger partial charge in [0.25, 0.3) is 5.91 Å². The minimum absolute atomic E-state index is 0.104. The molecular weight excluding hydrogens is 394 g/mol. The lowest BCUT2D eigenvalue weighted by Crippen LogP contribution is -2.31. The number of sulfonamides is 1. The van der Waals surface area contributed by atoms with E-state index in [9.17, 15) is 13.2 Å². The van der Waals surface area contributed by atoms with Crippen molar-refractivity contribution in [1.82, 2.24) is 9.62 Å². The van der Waals surface area contributed by atoms with Crippen LogP contribution in [0, 0.1) is 0 Å². The zero-order chi connectivity index (χ0) is 21.9. The van der Waals surface area contributed by atoms with E-state index >= 15 is 0 Å². The Bertz CT molecular complexity index is 734. The van der Waals surface area contributed by atoms with E-state index in [1.165, 1.54) is 16.4 Å². The lowest BCUT2D eigenvalue weighted by atomic mass is 10.1. The van der Waals surface area contributed by atoms with Crippen molar-refractivity contribution in [2.24, 2.45) is 0 Å². The van der Waals surface area contributed by atoms with Crippen LogP contribution in [0.3, 0.4) is 0 Å². The highest BCUT2D eigenvalue weighted by Gasteiger charge is 2.24. The van der Waals surface area contributed by atoms with Crippen molar-refractivity contribution in [1.29, 1.82) is 0 Å². The monoisotopic (exact) mass is 429 g/mol. The molecule has 0 unspecified atom stereocenters. The molecule has 9 heteroatoms. The van der Waals surface area contributed by atoms with E-state index in [0.717, 1.165) is 0 Å². The molecule has 0 spiro atoms. The molecule has 0 atom stereocenters. The fourth-order valence-electron chi connectivity index (χ4n) is 2.71. The number of nitrogens with one attached hydrogen (secondary N) is 2. The molecule has 0 radical (unpaired) electrons. The van der Waals surface area contributed by atoms with E-state index in [1.54, 1.807) is 27.0 Å². The maximum Gasteiger partial charge on any atom is 0.253 e. The Labute approximate surface area is 175 Å². The van der Waals surface area contributed by atoms with Crippen LogP contribution >= 0.6 is 0 Å². The highest BCUT2D eigenvalue weighted by molar-refractivity contribution is 7.89. The lowest BCUT2D eigenvalue weighted by molar-refractivity contribution is 0.0757. The molecule has 0 aliphatic heterocycles. The number of hydrogen-bond donors (Lipinski definition) is 2. The van der Waals surface area contributed by atoms with Gasteiger partial charge in [0.1, 0.15) is 0 Å². The van der Waals surface area contributed by atoms with E-state index in [4.69, 9.17) is 9.47 Å². The minimum atomic E-state index is -3.66. The van der Waals surface area contributed by atoms with E-state index in [1.807, 2.05) is 13.8 Å². The second kappa shape index (κ2) is 12.8. The van der Waals surface area contributed by atoms with E-state index in [0.29, 0.717) is 57.1 Å². The highest BCUT2D eigenvalue weighted by atomic mass is 32.2. The largest absolute Gasteiger partial charge is 0.383 e. The van der Waals surface area contributed by atoms with Crippen LogP contribution in [-0.2, 0) is 19.5 Å². The predicted octanol–water partition coefficient (Wildman–Crippen LogP) is 2.32. The second-order valence-electron chi connectivity index (χ2n) is 6.75. The first-order valence-corrected chi connectivity index (χ1v) is 11.5. The molecule has 0 aliphatic rings. The SMILES string of the molecule is CCN(CC)S(=O)(=O)c1ccc(NCCOC)c(C(=O)NCCCOC(C)C)c1. The summed E-state index contributed by atoms with van der Waals surface area (Å²) in [5, 5.41) is 5.97. The van der Waals surface area contributed by atoms with Crippen LogP contribution in [0.5, 0.6) is 0 Å². The average molecular weight is 430 g/mol. The smallest absolute Gasteiger partial charge is 0.253 e. The molecule has 8 nitrogen and oxygen atoms in total. The van der Waals surface area contributed by atoms with Gasteiger partial charge < -0.3 is 20.1 Å². The van der Waals surface area contributed by atoms with Crippen LogP contribution in [0.4, 0.5) is 5.69 Å². The maximum absolute atomic E-state index is 12.8. The van der Waals surface area contributed by atoms with Gasteiger partial charge in [-0.1, -0.05) is 13.8 Å².